The molecule has 0 fully saturated rings. The van der Waals surface area contributed by atoms with Crippen LogP contribution in [0.5, 0.6) is 5.75 Å². The highest BCUT2D eigenvalue weighted by molar-refractivity contribution is 14.1. The Labute approximate surface area is 80.2 Å². The van der Waals surface area contributed by atoms with Gasteiger partial charge in [-0.1, -0.05) is 12.7 Å². The van der Waals surface area contributed by atoms with Gasteiger partial charge in [0, 0.05) is 3.57 Å². The molecule has 11 heavy (non-hydrogen) atoms. The second-order valence-electron chi connectivity index (χ2n) is 2.05. The van der Waals surface area contributed by atoms with Crippen molar-refractivity contribution in [2.24, 2.45) is 0 Å². The number of hydrogen-bond donors (Lipinski definition) is 0. The van der Waals surface area contributed by atoms with Crippen LogP contribution in [-0.2, 0) is 0 Å². The maximum atomic E-state index is 5.29. The van der Waals surface area contributed by atoms with Crippen LogP contribution in [0.2, 0.25) is 0 Å². The summed E-state index contributed by atoms with van der Waals surface area (Å²) in [6, 6.07) is 7.93. The van der Waals surface area contributed by atoms with Gasteiger partial charge in [0.15, 0.2) is 0 Å². The summed E-state index contributed by atoms with van der Waals surface area (Å²) < 4.78 is 6.51. The lowest BCUT2D eigenvalue weighted by Gasteiger charge is -2.01. The van der Waals surface area contributed by atoms with Gasteiger partial charge in [-0.05, 0) is 46.9 Å². The number of halogens is 1. The lowest BCUT2D eigenvalue weighted by Crippen LogP contribution is -1.91. The number of ether oxygens (including phenoxy) is 1. The Balaban J connectivity index is 2.58. The van der Waals surface area contributed by atoms with Gasteiger partial charge in [-0.15, -0.1) is 0 Å². The highest BCUT2D eigenvalue weighted by Crippen LogP contribution is 2.12. The molecule has 0 N–H and O–H groups in total. The fourth-order valence-corrected chi connectivity index (χ4v) is 1.05. The molecule has 0 aliphatic heterocycles. The third-order valence-electron chi connectivity index (χ3n) is 1.18. The second kappa shape index (κ2) is 4.38. The fourth-order valence-electron chi connectivity index (χ4n) is 0.686. The topological polar surface area (TPSA) is 9.23 Å². The summed E-state index contributed by atoms with van der Waals surface area (Å²) in [4.78, 5) is 0. The molecular formula is C9H9IO. The predicted octanol–water partition coefficient (Wildman–Crippen LogP) is 2.86. The van der Waals surface area contributed by atoms with Crippen molar-refractivity contribution in [1.29, 1.82) is 0 Å². The van der Waals surface area contributed by atoms with E-state index in [1.165, 1.54) is 3.57 Å². The van der Waals surface area contributed by atoms with Gasteiger partial charge in [0.05, 0.1) is 0 Å². The van der Waals surface area contributed by atoms with Crippen molar-refractivity contribution in [3.8, 4) is 5.75 Å². The minimum absolute atomic E-state index is 0.570. The molecule has 0 spiro atoms. The first-order chi connectivity index (χ1) is 5.33. The van der Waals surface area contributed by atoms with Gasteiger partial charge in [0.2, 0.25) is 0 Å². The summed E-state index contributed by atoms with van der Waals surface area (Å²) in [6.07, 6.45) is 1.73. The second-order valence-corrected chi connectivity index (χ2v) is 3.30. The summed E-state index contributed by atoms with van der Waals surface area (Å²) in [5, 5.41) is 0. The maximum Gasteiger partial charge on any atom is 0.119 e. The van der Waals surface area contributed by atoms with Crippen LogP contribution in [0.25, 0.3) is 0 Å². The standard InChI is InChI=1S/C9H9IO/c1-2-7-11-9-5-3-8(10)4-6-9/h2-6H,1,7H2. The zero-order chi connectivity index (χ0) is 8.10. The minimum atomic E-state index is 0.570. The highest BCUT2D eigenvalue weighted by atomic mass is 127. The molecule has 0 atom stereocenters. The van der Waals surface area contributed by atoms with E-state index in [0.29, 0.717) is 6.61 Å². The van der Waals surface area contributed by atoms with Gasteiger partial charge in [-0.25, -0.2) is 0 Å². The Bertz CT molecular complexity index is 228. The zero-order valence-electron chi connectivity index (χ0n) is 6.09. The number of hydrogen-bond acceptors (Lipinski definition) is 1. The fraction of sp³-hybridized carbons (Fsp3) is 0.111. The average molecular weight is 260 g/mol. The number of benzene rings is 1. The van der Waals surface area contributed by atoms with Crippen LogP contribution in [0.15, 0.2) is 36.9 Å². The molecule has 1 aromatic carbocycles. The summed E-state index contributed by atoms with van der Waals surface area (Å²) in [5.41, 5.74) is 0. The minimum Gasteiger partial charge on any atom is -0.490 e. The van der Waals surface area contributed by atoms with Gasteiger partial charge in [0.1, 0.15) is 12.4 Å². The summed E-state index contributed by atoms with van der Waals surface area (Å²) in [6.45, 7) is 4.14. The van der Waals surface area contributed by atoms with Gasteiger partial charge in [-0.2, -0.15) is 0 Å². The first-order valence-electron chi connectivity index (χ1n) is 3.32. The molecule has 0 unspecified atom stereocenters. The van der Waals surface area contributed by atoms with Crippen molar-refractivity contribution >= 4 is 22.6 Å². The van der Waals surface area contributed by atoms with Crippen molar-refractivity contribution in [3.05, 3.63) is 40.5 Å². The van der Waals surface area contributed by atoms with Crippen LogP contribution < -0.4 is 4.74 Å². The molecule has 0 aromatic heterocycles. The SMILES string of the molecule is C=CCOc1ccc(I)cc1. The first-order valence-corrected chi connectivity index (χ1v) is 4.40. The van der Waals surface area contributed by atoms with Crippen LogP contribution in [0.3, 0.4) is 0 Å². The van der Waals surface area contributed by atoms with E-state index in [9.17, 15) is 0 Å². The molecule has 0 amide bonds. The molecule has 1 nitrogen and oxygen atoms in total. The van der Waals surface area contributed by atoms with E-state index in [1.807, 2.05) is 24.3 Å². The zero-order valence-corrected chi connectivity index (χ0v) is 8.24. The third kappa shape index (κ3) is 2.93. The van der Waals surface area contributed by atoms with Crippen molar-refractivity contribution in [2.75, 3.05) is 6.61 Å². The average Bonchev–Trinajstić information content (AvgIpc) is 2.04. The Hall–Kier alpha value is -0.510. The highest BCUT2D eigenvalue weighted by Gasteiger charge is 1.89. The molecule has 0 saturated carbocycles. The van der Waals surface area contributed by atoms with Crippen LogP contribution in [0.4, 0.5) is 0 Å². The smallest absolute Gasteiger partial charge is 0.119 e. The molecule has 2 heteroatoms. The largest absolute Gasteiger partial charge is 0.490 e. The van der Waals surface area contributed by atoms with E-state index >= 15 is 0 Å². The van der Waals surface area contributed by atoms with E-state index in [2.05, 4.69) is 29.2 Å². The lowest BCUT2D eigenvalue weighted by atomic mass is 10.3. The van der Waals surface area contributed by atoms with Gasteiger partial charge >= 0.3 is 0 Å². The molecule has 1 rings (SSSR count). The van der Waals surface area contributed by atoms with Crippen LogP contribution in [-0.4, -0.2) is 6.61 Å². The van der Waals surface area contributed by atoms with Crippen LogP contribution in [0.1, 0.15) is 0 Å². The quantitative estimate of drug-likeness (QED) is 0.599. The molecule has 0 heterocycles. The van der Waals surface area contributed by atoms with Gasteiger partial charge in [0.25, 0.3) is 0 Å². The van der Waals surface area contributed by atoms with Gasteiger partial charge in [-0.3, -0.25) is 0 Å². The van der Waals surface area contributed by atoms with Crippen molar-refractivity contribution in [3.63, 3.8) is 0 Å². The Morgan fingerprint density at radius 3 is 2.55 bits per heavy atom. The Kier molecular flexibility index (Phi) is 3.42. The molecule has 0 aliphatic rings. The molecule has 0 aliphatic carbocycles. The van der Waals surface area contributed by atoms with E-state index < -0.39 is 0 Å². The van der Waals surface area contributed by atoms with Crippen LogP contribution in [0, 0.1) is 3.57 Å². The molecule has 0 bridgehead atoms. The summed E-state index contributed by atoms with van der Waals surface area (Å²) in [5.74, 6) is 0.894. The van der Waals surface area contributed by atoms with Crippen molar-refractivity contribution < 1.29 is 4.74 Å². The van der Waals surface area contributed by atoms with Crippen molar-refractivity contribution in [1.82, 2.24) is 0 Å². The number of rotatable bonds is 3. The van der Waals surface area contributed by atoms with Crippen molar-refractivity contribution in [2.45, 2.75) is 0 Å². The predicted molar refractivity (Wildman–Crippen MR) is 54.9 cm³/mol. The molecule has 1 aromatic rings. The van der Waals surface area contributed by atoms with E-state index in [4.69, 9.17) is 4.74 Å². The third-order valence-corrected chi connectivity index (χ3v) is 1.90. The lowest BCUT2D eigenvalue weighted by molar-refractivity contribution is 0.363. The molecule has 58 valence electrons. The molecule has 0 radical (unpaired) electrons. The summed E-state index contributed by atoms with van der Waals surface area (Å²) >= 11 is 2.26. The molecular weight excluding hydrogens is 251 g/mol. The summed E-state index contributed by atoms with van der Waals surface area (Å²) in [7, 11) is 0. The van der Waals surface area contributed by atoms with E-state index in [-0.39, 0.29) is 0 Å². The monoisotopic (exact) mass is 260 g/mol. The Morgan fingerprint density at radius 1 is 1.36 bits per heavy atom. The van der Waals surface area contributed by atoms with E-state index in [0.717, 1.165) is 5.75 Å². The molecule has 0 saturated heterocycles. The maximum absolute atomic E-state index is 5.29. The Morgan fingerprint density at radius 2 is 2.00 bits per heavy atom. The van der Waals surface area contributed by atoms with Crippen LogP contribution >= 0.6 is 22.6 Å². The normalized spacial score (nSPS) is 9.18. The van der Waals surface area contributed by atoms with Gasteiger partial charge < -0.3 is 4.74 Å². The first kappa shape index (κ1) is 8.59. The van der Waals surface area contributed by atoms with E-state index in [1.54, 1.807) is 6.08 Å².